The van der Waals surface area contributed by atoms with Crippen molar-refractivity contribution in [1.29, 1.82) is 0 Å². The maximum Gasteiger partial charge on any atom is 0.493 e. The number of carbonyl (C=O) groups excluding carboxylic acids is 1. The van der Waals surface area contributed by atoms with Crippen LogP contribution in [0.25, 0.3) is 0 Å². The minimum Gasteiger partial charge on any atom is -0.330 e. The molecule has 0 N–H and O–H groups in total. The molecule has 1 aliphatic rings. The van der Waals surface area contributed by atoms with E-state index < -0.39 is 24.2 Å². The summed E-state index contributed by atoms with van der Waals surface area (Å²) in [6, 6.07) is 22.4. The highest BCUT2D eigenvalue weighted by Crippen LogP contribution is 2.43. The van der Waals surface area contributed by atoms with Crippen molar-refractivity contribution in [3.05, 3.63) is 107 Å². The molecule has 3 aromatic rings. The van der Waals surface area contributed by atoms with E-state index >= 15 is 0 Å². The molecule has 0 fully saturated rings. The van der Waals surface area contributed by atoms with Gasteiger partial charge in [0, 0.05) is 6.42 Å². The van der Waals surface area contributed by atoms with Crippen LogP contribution in [0.5, 0.6) is 0 Å². The van der Waals surface area contributed by atoms with Gasteiger partial charge in [0.05, 0.1) is 0 Å². The number of aryl methyl sites for hydroxylation is 1. The predicted molar refractivity (Wildman–Crippen MR) is 115 cm³/mol. The topological polar surface area (TPSA) is 41.9 Å². The number of halogens is 4. The van der Waals surface area contributed by atoms with Crippen LogP contribution in [0.2, 0.25) is 0 Å². The largest absolute Gasteiger partial charge is 0.493 e. The molecular formula is C25H20F4N2O2. The molecule has 8 heteroatoms. The fourth-order valence-corrected chi connectivity index (χ4v) is 3.78. The van der Waals surface area contributed by atoms with Gasteiger partial charge in [0.25, 0.3) is 0 Å². The highest BCUT2D eigenvalue weighted by Gasteiger charge is 2.47. The maximum absolute atomic E-state index is 13.2. The normalized spacial score (nSPS) is 18.2. The summed E-state index contributed by atoms with van der Waals surface area (Å²) in [6.07, 6.45) is -4.58. The lowest BCUT2D eigenvalue weighted by Gasteiger charge is -2.29. The van der Waals surface area contributed by atoms with Crippen molar-refractivity contribution in [3.63, 3.8) is 0 Å². The van der Waals surface area contributed by atoms with Crippen LogP contribution in [-0.4, -0.2) is 23.0 Å². The summed E-state index contributed by atoms with van der Waals surface area (Å²) < 4.78 is 52.5. The molecule has 0 aromatic heterocycles. The summed E-state index contributed by atoms with van der Waals surface area (Å²) in [6.45, 7) is 0. The molecule has 1 heterocycles. The zero-order valence-corrected chi connectivity index (χ0v) is 17.4. The molecule has 1 aliphatic heterocycles. The Morgan fingerprint density at radius 1 is 0.848 bits per heavy atom. The van der Waals surface area contributed by atoms with Gasteiger partial charge in [-0.05, 0) is 35.2 Å². The number of hydrogen-bond acceptors (Lipinski definition) is 4. The van der Waals surface area contributed by atoms with Crippen LogP contribution in [0.1, 0.15) is 35.2 Å². The van der Waals surface area contributed by atoms with Gasteiger partial charge in [0.2, 0.25) is 0 Å². The summed E-state index contributed by atoms with van der Waals surface area (Å²) in [5.74, 6) is -2.49. The summed E-state index contributed by atoms with van der Waals surface area (Å²) in [4.78, 5) is 21.4. The zero-order valence-electron chi connectivity index (χ0n) is 17.4. The lowest BCUT2D eigenvalue weighted by molar-refractivity contribution is -0.230. The van der Waals surface area contributed by atoms with E-state index in [2.05, 4.69) is 4.99 Å². The van der Waals surface area contributed by atoms with E-state index in [-0.39, 0.29) is 18.1 Å². The Balaban J connectivity index is 1.71. The molecule has 4 rings (SSSR count). The summed E-state index contributed by atoms with van der Waals surface area (Å²) in [7, 11) is 0. The monoisotopic (exact) mass is 456 g/mol. The lowest BCUT2D eigenvalue weighted by Crippen LogP contribution is -2.39. The lowest BCUT2D eigenvalue weighted by atomic mass is 9.95. The molecule has 0 saturated heterocycles. The van der Waals surface area contributed by atoms with Gasteiger partial charge < -0.3 is 4.84 Å². The molecule has 4 nitrogen and oxygen atoms in total. The molecule has 0 spiro atoms. The van der Waals surface area contributed by atoms with Gasteiger partial charge in [0.15, 0.2) is 0 Å². The molecule has 0 saturated carbocycles. The van der Waals surface area contributed by atoms with E-state index in [1.807, 2.05) is 30.3 Å². The third-order valence-corrected chi connectivity index (χ3v) is 5.34. The van der Waals surface area contributed by atoms with Crippen LogP contribution < -0.4 is 0 Å². The van der Waals surface area contributed by atoms with E-state index in [9.17, 15) is 22.4 Å². The molecule has 2 atom stereocenters. The van der Waals surface area contributed by atoms with E-state index in [1.165, 1.54) is 12.1 Å². The van der Waals surface area contributed by atoms with Crippen molar-refractivity contribution >= 4 is 11.8 Å². The SMILES string of the molecule is O=C(ON1C(CCc2ccc(F)cc2)=NC(c2ccccc2)C1c1ccccc1)C(F)(F)F. The van der Waals surface area contributed by atoms with Crippen LogP contribution in [0.15, 0.2) is 89.9 Å². The first-order chi connectivity index (χ1) is 15.8. The van der Waals surface area contributed by atoms with Crippen LogP contribution >= 0.6 is 0 Å². The predicted octanol–water partition coefficient (Wildman–Crippen LogP) is 5.98. The minimum absolute atomic E-state index is 0.198. The first-order valence-corrected chi connectivity index (χ1v) is 10.3. The second-order valence-electron chi connectivity index (χ2n) is 7.59. The number of hydroxylamine groups is 2. The number of hydrogen-bond donors (Lipinski definition) is 0. The highest BCUT2D eigenvalue weighted by atomic mass is 19.4. The number of nitrogens with zero attached hydrogens (tertiary/aromatic N) is 2. The van der Waals surface area contributed by atoms with Crippen molar-refractivity contribution in [3.8, 4) is 0 Å². The fraction of sp³-hybridized carbons (Fsp3) is 0.200. The quantitative estimate of drug-likeness (QED) is 0.429. The van der Waals surface area contributed by atoms with Gasteiger partial charge in [-0.1, -0.05) is 72.8 Å². The van der Waals surface area contributed by atoms with Gasteiger partial charge in [-0.3, -0.25) is 4.99 Å². The Hall–Kier alpha value is -3.68. The average molecular weight is 456 g/mol. The number of benzene rings is 3. The third-order valence-electron chi connectivity index (χ3n) is 5.34. The molecule has 0 bridgehead atoms. The van der Waals surface area contributed by atoms with Crippen LogP contribution in [0.4, 0.5) is 17.6 Å². The van der Waals surface area contributed by atoms with Crippen molar-refractivity contribution in [1.82, 2.24) is 5.06 Å². The van der Waals surface area contributed by atoms with Gasteiger partial charge >= 0.3 is 12.1 Å². The van der Waals surface area contributed by atoms with Crippen LogP contribution in [-0.2, 0) is 16.1 Å². The second-order valence-corrected chi connectivity index (χ2v) is 7.59. The standard InChI is InChI=1S/C25H20F4N2O2/c26-20-14-11-17(12-15-20)13-16-21-30-22(18-7-3-1-4-8-18)23(19-9-5-2-6-10-19)31(21)33-24(32)25(27,28)29/h1-12,14-15,22-23H,13,16H2. The number of alkyl halides is 3. The number of carbonyl (C=O) groups is 1. The Morgan fingerprint density at radius 2 is 1.42 bits per heavy atom. The van der Waals surface area contributed by atoms with E-state index in [4.69, 9.17) is 4.84 Å². The second kappa shape index (κ2) is 9.44. The van der Waals surface area contributed by atoms with Crippen molar-refractivity contribution in [2.24, 2.45) is 4.99 Å². The number of amidine groups is 1. The molecule has 33 heavy (non-hydrogen) atoms. The van der Waals surface area contributed by atoms with Gasteiger partial charge in [-0.25, -0.2) is 9.18 Å². The van der Waals surface area contributed by atoms with E-state index in [0.717, 1.165) is 16.2 Å². The van der Waals surface area contributed by atoms with Gasteiger partial charge in [-0.2, -0.15) is 18.2 Å². The van der Waals surface area contributed by atoms with Crippen molar-refractivity contribution in [2.75, 3.05) is 0 Å². The summed E-state index contributed by atoms with van der Waals surface area (Å²) >= 11 is 0. The van der Waals surface area contributed by atoms with Gasteiger partial charge in [-0.15, -0.1) is 0 Å². The zero-order chi connectivity index (χ0) is 23.4. The average Bonchev–Trinajstić information content (AvgIpc) is 3.17. The molecular weight excluding hydrogens is 436 g/mol. The molecule has 3 aromatic carbocycles. The minimum atomic E-state index is -5.16. The first kappa shape index (κ1) is 22.5. The summed E-state index contributed by atoms with van der Waals surface area (Å²) in [5.41, 5.74) is 2.21. The smallest absolute Gasteiger partial charge is 0.330 e. The van der Waals surface area contributed by atoms with Crippen molar-refractivity contribution in [2.45, 2.75) is 31.1 Å². The number of rotatable bonds is 6. The molecule has 0 amide bonds. The first-order valence-electron chi connectivity index (χ1n) is 10.3. The molecule has 0 radical (unpaired) electrons. The molecule has 2 unspecified atom stereocenters. The summed E-state index contributed by atoms with van der Waals surface area (Å²) in [5, 5.41) is 0.979. The van der Waals surface area contributed by atoms with E-state index in [0.29, 0.717) is 12.0 Å². The third kappa shape index (κ3) is 5.22. The molecule has 0 aliphatic carbocycles. The Labute approximate surface area is 188 Å². The molecule has 170 valence electrons. The van der Waals surface area contributed by atoms with Crippen molar-refractivity contribution < 1.29 is 27.2 Å². The van der Waals surface area contributed by atoms with Crippen LogP contribution in [0, 0.1) is 5.82 Å². The maximum atomic E-state index is 13.2. The van der Waals surface area contributed by atoms with Crippen LogP contribution in [0.3, 0.4) is 0 Å². The number of aliphatic imine (C=N–C) groups is 1. The van der Waals surface area contributed by atoms with Gasteiger partial charge in [0.1, 0.15) is 23.7 Å². The van der Waals surface area contributed by atoms with E-state index in [1.54, 1.807) is 42.5 Å². The highest BCUT2D eigenvalue weighted by molar-refractivity contribution is 5.86. The Morgan fingerprint density at radius 3 is 2.00 bits per heavy atom. The Kier molecular flexibility index (Phi) is 6.44. The Bertz CT molecular complexity index is 1120. The fourth-order valence-electron chi connectivity index (χ4n) is 3.78.